The molecule has 0 atom stereocenters. The molecule has 6 nitrogen and oxygen atoms in total. The second-order valence-corrected chi connectivity index (χ2v) is 5.25. The molecule has 0 saturated carbocycles. The van der Waals surface area contributed by atoms with Crippen molar-refractivity contribution < 1.29 is 4.79 Å². The molecule has 0 spiro atoms. The summed E-state index contributed by atoms with van der Waals surface area (Å²) >= 11 is 0. The monoisotopic (exact) mass is 287 g/mol. The van der Waals surface area contributed by atoms with Gasteiger partial charge in [-0.3, -0.25) is 9.48 Å². The van der Waals surface area contributed by atoms with E-state index in [-0.39, 0.29) is 12.5 Å². The van der Waals surface area contributed by atoms with Crippen LogP contribution in [0.1, 0.15) is 5.56 Å². The highest BCUT2D eigenvalue weighted by molar-refractivity contribution is 5.75. The van der Waals surface area contributed by atoms with Crippen molar-refractivity contribution in [1.29, 1.82) is 0 Å². The summed E-state index contributed by atoms with van der Waals surface area (Å²) in [5.74, 6) is 0.416. The van der Waals surface area contributed by atoms with Crippen molar-refractivity contribution in [2.24, 2.45) is 0 Å². The standard InChI is InChI=1S/C15H21N5O/c1-18(2)13-6-4-12(5-7-13)10-19(3)15(21)11-20-9-8-14(16)17-20/h4-9H,10-11H2,1-3H3,(H2,16,17). The zero-order valence-electron chi connectivity index (χ0n) is 12.7. The van der Waals surface area contributed by atoms with Gasteiger partial charge >= 0.3 is 0 Å². The highest BCUT2D eigenvalue weighted by Crippen LogP contribution is 2.13. The Hall–Kier alpha value is -2.50. The Labute approximate surface area is 124 Å². The maximum Gasteiger partial charge on any atom is 0.244 e. The zero-order valence-corrected chi connectivity index (χ0v) is 12.7. The largest absolute Gasteiger partial charge is 0.382 e. The first kappa shape index (κ1) is 14.9. The SMILES string of the molecule is CN(Cc1ccc(N(C)C)cc1)C(=O)Cn1ccc(N)n1. The van der Waals surface area contributed by atoms with Gasteiger partial charge in [-0.1, -0.05) is 12.1 Å². The molecule has 0 aliphatic rings. The van der Waals surface area contributed by atoms with Gasteiger partial charge in [0.25, 0.3) is 0 Å². The van der Waals surface area contributed by atoms with Crippen LogP contribution >= 0.6 is 0 Å². The van der Waals surface area contributed by atoms with Gasteiger partial charge in [0.2, 0.25) is 5.91 Å². The van der Waals surface area contributed by atoms with E-state index in [0.717, 1.165) is 11.3 Å². The molecule has 0 fully saturated rings. The maximum atomic E-state index is 12.1. The predicted molar refractivity (Wildman–Crippen MR) is 83.9 cm³/mol. The second kappa shape index (κ2) is 6.30. The average molecular weight is 287 g/mol. The molecule has 0 bridgehead atoms. The minimum Gasteiger partial charge on any atom is -0.382 e. The second-order valence-electron chi connectivity index (χ2n) is 5.25. The van der Waals surface area contributed by atoms with E-state index in [1.807, 2.05) is 43.3 Å². The first-order valence-corrected chi connectivity index (χ1v) is 6.75. The van der Waals surface area contributed by atoms with Crippen LogP contribution in [-0.4, -0.2) is 41.7 Å². The van der Waals surface area contributed by atoms with Crippen LogP contribution in [0.15, 0.2) is 36.5 Å². The number of nitrogens with two attached hydrogens (primary N) is 1. The molecule has 0 saturated heterocycles. The van der Waals surface area contributed by atoms with Crippen molar-refractivity contribution in [2.45, 2.75) is 13.1 Å². The maximum absolute atomic E-state index is 12.1. The normalized spacial score (nSPS) is 10.4. The van der Waals surface area contributed by atoms with Gasteiger partial charge in [-0.05, 0) is 23.8 Å². The lowest BCUT2D eigenvalue weighted by Crippen LogP contribution is -2.30. The minimum absolute atomic E-state index is 0.00483. The topological polar surface area (TPSA) is 67.4 Å². The lowest BCUT2D eigenvalue weighted by molar-refractivity contribution is -0.131. The molecule has 0 aliphatic carbocycles. The molecule has 6 heteroatoms. The molecule has 21 heavy (non-hydrogen) atoms. The Kier molecular flexibility index (Phi) is 4.47. The van der Waals surface area contributed by atoms with E-state index >= 15 is 0 Å². The Morgan fingerprint density at radius 1 is 1.19 bits per heavy atom. The lowest BCUT2D eigenvalue weighted by Gasteiger charge is -2.18. The first-order chi connectivity index (χ1) is 9.95. The average Bonchev–Trinajstić information content (AvgIpc) is 2.84. The number of hydrogen-bond acceptors (Lipinski definition) is 4. The van der Waals surface area contributed by atoms with Crippen LogP contribution in [0.25, 0.3) is 0 Å². The van der Waals surface area contributed by atoms with Crippen molar-refractivity contribution in [3.05, 3.63) is 42.1 Å². The molecule has 1 heterocycles. The van der Waals surface area contributed by atoms with Crippen molar-refractivity contribution in [3.8, 4) is 0 Å². The molecule has 112 valence electrons. The molecule has 2 aromatic rings. The number of nitrogen functional groups attached to an aromatic ring is 1. The molecule has 0 radical (unpaired) electrons. The van der Waals surface area contributed by atoms with Gasteiger partial charge in [-0.15, -0.1) is 0 Å². The van der Waals surface area contributed by atoms with Crippen LogP contribution in [0.3, 0.4) is 0 Å². The van der Waals surface area contributed by atoms with Crippen LogP contribution in [0, 0.1) is 0 Å². The van der Waals surface area contributed by atoms with Crippen molar-refractivity contribution >= 4 is 17.4 Å². The first-order valence-electron chi connectivity index (χ1n) is 6.75. The van der Waals surface area contributed by atoms with E-state index < -0.39 is 0 Å². The van der Waals surface area contributed by atoms with Crippen molar-refractivity contribution in [1.82, 2.24) is 14.7 Å². The summed E-state index contributed by atoms with van der Waals surface area (Å²) in [6.07, 6.45) is 1.70. The van der Waals surface area contributed by atoms with Crippen molar-refractivity contribution in [2.75, 3.05) is 31.8 Å². The summed E-state index contributed by atoms with van der Waals surface area (Å²) in [5.41, 5.74) is 7.76. The van der Waals surface area contributed by atoms with Crippen LogP contribution in [0.4, 0.5) is 11.5 Å². The van der Waals surface area contributed by atoms with E-state index in [9.17, 15) is 4.79 Å². The summed E-state index contributed by atoms with van der Waals surface area (Å²) in [5, 5.41) is 4.01. The Bertz CT molecular complexity index is 603. The zero-order chi connectivity index (χ0) is 15.4. The number of amides is 1. The van der Waals surface area contributed by atoms with Gasteiger partial charge in [-0.2, -0.15) is 5.10 Å². The third kappa shape index (κ3) is 3.98. The van der Waals surface area contributed by atoms with Gasteiger partial charge in [0.05, 0.1) is 0 Å². The number of carbonyl (C=O) groups is 1. The highest BCUT2D eigenvalue weighted by atomic mass is 16.2. The Morgan fingerprint density at radius 2 is 1.86 bits per heavy atom. The summed E-state index contributed by atoms with van der Waals surface area (Å²) < 4.78 is 1.54. The molecule has 1 aromatic carbocycles. The fourth-order valence-electron chi connectivity index (χ4n) is 1.99. The van der Waals surface area contributed by atoms with Gasteiger partial charge in [0, 0.05) is 39.6 Å². The molecule has 1 amide bonds. The number of rotatable bonds is 5. The number of nitrogens with zero attached hydrogens (tertiary/aromatic N) is 4. The third-order valence-corrected chi connectivity index (χ3v) is 3.26. The fourth-order valence-corrected chi connectivity index (χ4v) is 1.99. The van der Waals surface area contributed by atoms with E-state index in [2.05, 4.69) is 5.10 Å². The molecule has 1 aromatic heterocycles. The van der Waals surface area contributed by atoms with E-state index in [1.165, 1.54) is 0 Å². The molecule has 2 rings (SSSR count). The Morgan fingerprint density at radius 3 is 2.38 bits per heavy atom. The van der Waals surface area contributed by atoms with Crippen LogP contribution in [0.5, 0.6) is 0 Å². The van der Waals surface area contributed by atoms with Gasteiger partial charge < -0.3 is 15.5 Å². The molecule has 0 aliphatic heterocycles. The summed E-state index contributed by atoms with van der Waals surface area (Å²) in [6, 6.07) is 9.83. The minimum atomic E-state index is -0.00483. The summed E-state index contributed by atoms with van der Waals surface area (Å²) in [7, 11) is 5.79. The van der Waals surface area contributed by atoms with Crippen molar-refractivity contribution in [3.63, 3.8) is 0 Å². The molecule has 2 N–H and O–H groups in total. The van der Waals surface area contributed by atoms with Crippen LogP contribution in [0.2, 0.25) is 0 Å². The van der Waals surface area contributed by atoms with Crippen LogP contribution in [-0.2, 0) is 17.9 Å². The molecular weight excluding hydrogens is 266 g/mol. The van der Waals surface area contributed by atoms with E-state index in [1.54, 1.807) is 28.9 Å². The number of hydrogen-bond donors (Lipinski definition) is 1. The van der Waals surface area contributed by atoms with Gasteiger partial charge in [0.1, 0.15) is 12.4 Å². The van der Waals surface area contributed by atoms with Crippen LogP contribution < -0.4 is 10.6 Å². The predicted octanol–water partition coefficient (Wildman–Crippen LogP) is 1.19. The number of likely N-dealkylation sites (N-methyl/N-ethyl adjacent to an activating group) is 1. The molecule has 0 unspecified atom stereocenters. The number of carbonyl (C=O) groups excluding carboxylic acids is 1. The smallest absolute Gasteiger partial charge is 0.244 e. The van der Waals surface area contributed by atoms with Gasteiger partial charge in [0.15, 0.2) is 0 Å². The summed E-state index contributed by atoms with van der Waals surface area (Å²) in [6.45, 7) is 0.771. The van der Waals surface area contributed by atoms with Gasteiger partial charge in [-0.25, -0.2) is 0 Å². The number of aromatic nitrogens is 2. The van der Waals surface area contributed by atoms with E-state index in [4.69, 9.17) is 5.73 Å². The number of benzene rings is 1. The quantitative estimate of drug-likeness (QED) is 0.897. The summed E-state index contributed by atoms with van der Waals surface area (Å²) in [4.78, 5) is 15.8. The fraction of sp³-hybridized carbons (Fsp3) is 0.333. The number of anilines is 2. The Balaban J connectivity index is 1.93. The third-order valence-electron chi connectivity index (χ3n) is 3.26. The lowest BCUT2D eigenvalue weighted by atomic mass is 10.2. The molecular formula is C15H21N5O. The van der Waals surface area contributed by atoms with E-state index in [0.29, 0.717) is 12.4 Å². The highest BCUT2D eigenvalue weighted by Gasteiger charge is 2.10.